The lowest BCUT2D eigenvalue weighted by atomic mass is 9.86. The average Bonchev–Trinajstić information content (AvgIpc) is 3.15. The Morgan fingerprint density at radius 2 is 2.04 bits per heavy atom. The van der Waals surface area contributed by atoms with Gasteiger partial charge in [-0.15, -0.1) is 0 Å². The van der Waals surface area contributed by atoms with Crippen LogP contribution in [0.2, 0.25) is 0 Å². The Hall–Kier alpha value is -2.56. The highest BCUT2D eigenvalue weighted by molar-refractivity contribution is 5.89. The van der Waals surface area contributed by atoms with Crippen molar-refractivity contribution in [2.75, 3.05) is 0 Å². The van der Waals surface area contributed by atoms with E-state index in [0.717, 1.165) is 16.5 Å². The Bertz CT molecular complexity index is 856. The maximum Gasteiger partial charge on any atom is 0.224 e. The van der Waals surface area contributed by atoms with Gasteiger partial charge >= 0.3 is 0 Å². The first kappa shape index (κ1) is 17.3. The summed E-state index contributed by atoms with van der Waals surface area (Å²) in [6.07, 6.45) is 7.91. The van der Waals surface area contributed by atoms with Crippen LogP contribution in [0.4, 0.5) is 0 Å². The minimum Gasteiger partial charge on any atom is -0.351 e. The minimum absolute atomic E-state index is 0.0316. The molecule has 0 saturated carbocycles. The third-order valence-corrected chi connectivity index (χ3v) is 4.66. The number of aryl methyl sites for hydroxylation is 1. The lowest BCUT2D eigenvalue weighted by molar-refractivity contribution is -0.122. The normalized spacial score (nSPS) is 13.1. The number of amides is 1. The molecule has 132 valence electrons. The van der Waals surface area contributed by atoms with E-state index in [1.807, 2.05) is 36.1 Å². The molecule has 0 aliphatic heterocycles. The Morgan fingerprint density at radius 3 is 2.72 bits per heavy atom. The van der Waals surface area contributed by atoms with Gasteiger partial charge in [0.1, 0.15) is 0 Å². The molecule has 3 aromatic rings. The quantitative estimate of drug-likeness (QED) is 0.777. The zero-order valence-electron chi connectivity index (χ0n) is 15.4. The molecule has 0 radical (unpaired) electrons. The van der Waals surface area contributed by atoms with Crippen LogP contribution in [-0.2, 0) is 24.8 Å². The number of carbonyl (C=O) groups is 1. The summed E-state index contributed by atoms with van der Waals surface area (Å²) in [6.45, 7) is 7.15. The van der Waals surface area contributed by atoms with Crippen LogP contribution in [0.3, 0.4) is 0 Å². The molecule has 1 unspecified atom stereocenters. The number of benzene rings is 1. The monoisotopic (exact) mass is 338 g/mol. The van der Waals surface area contributed by atoms with Gasteiger partial charge in [0.05, 0.1) is 18.8 Å². The van der Waals surface area contributed by atoms with Gasteiger partial charge in [0.2, 0.25) is 5.91 Å². The summed E-state index contributed by atoms with van der Waals surface area (Å²) >= 11 is 0. The van der Waals surface area contributed by atoms with Gasteiger partial charge in [0.25, 0.3) is 0 Å². The second-order valence-electron chi connectivity index (χ2n) is 7.70. The van der Waals surface area contributed by atoms with E-state index in [2.05, 4.69) is 47.8 Å². The van der Waals surface area contributed by atoms with E-state index < -0.39 is 0 Å². The second-order valence-corrected chi connectivity index (χ2v) is 7.70. The number of rotatable bonds is 5. The van der Waals surface area contributed by atoms with Crippen molar-refractivity contribution in [2.24, 2.45) is 12.5 Å². The molecule has 5 heteroatoms. The molecule has 1 atom stereocenters. The number of carbonyl (C=O) groups excluding carboxylic acids is 1. The molecule has 1 amide bonds. The number of aromatic nitrogens is 3. The largest absolute Gasteiger partial charge is 0.351 e. The van der Waals surface area contributed by atoms with Crippen molar-refractivity contribution in [3.05, 3.63) is 54.7 Å². The van der Waals surface area contributed by atoms with Crippen LogP contribution in [0.25, 0.3) is 10.9 Å². The zero-order chi connectivity index (χ0) is 18.0. The zero-order valence-corrected chi connectivity index (χ0v) is 15.4. The first-order valence-electron chi connectivity index (χ1n) is 8.62. The molecule has 0 aliphatic rings. The SMILES string of the molecule is Cn1cc(CC(=O)NC(Cn2ccnc2)C(C)(C)C)c2ccccc21. The summed E-state index contributed by atoms with van der Waals surface area (Å²) in [7, 11) is 2.01. The van der Waals surface area contributed by atoms with Crippen molar-refractivity contribution in [2.45, 2.75) is 39.8 Å². The van der Waals surface area contributed by atoms with E-state index in [9.17, 15) is 4.79 Å². The summed E-state index contributed by atoms with van der Waals surface area (Å²) in [5.41, 5.74) is 2.17. The van der Waals surface area contributed by atoms with Crippen LogP contribution in [0, 0.1) is 5.41 Å². The molecular formula is C20H26N4O. The summed E-state index contributed by atoms with van der Waals surface area (Å²) in [4.78, 5) is 16.8. The maximum atomic E-state index is 12.7. The Kier molecular flexibility index (Phi) is 4.66. The fraction of sp³-hybridized carbons (Fsp3) is 0.400. The van der Waals surface area contributed by atoms with Crippen molar-refractivity contribution < 1.29 is 4.79 Å². The first-order valence-corrected chi connectivity index (χ1v) is 8.62. The Morgan fingerprint density at radius 1 is 1.28 bits per heavy atom. The molecule has 0 bridgehead atoms. The number of imidazole rings is 1. The lowest BCUT2D eigenvalue weighted by Crippen LogP contribution is -2.46. The maximum absolute atomic E-state index is 12.7. The smallest absolute Gasteiger partial charge is 0.224 e. The number of hydrogen-bond donors (Lipinski definition) is 1. The fourth-order valence-electron chi connectivity index (χ4n) is 3.13. The highest BCUT2D eigenvalue weighted by Gasteiger charge is 2.26. The van der Waals surface area contributed by atoms with Gasteiger partial charge < -0.3 is 14.5 Å². The molecule has 2 aromatic heterocycles. The predicted octanol–water partition coefficient (Wildman–Crippen LogP) is 3.15. The molecule has 3 rings (SSSR count). The van der Waals surface area contributed by atoms with Gasteiger partial charge in [-0.3, -0.25) is 4.79 Å². The van der Waals surface area contributed by atoms with Gasteiger partial charge in [-0.1, -0.05) is 39.0 Å². The van der Waals surface area contributed by atoms with Gasteiger partial charge in [0.15, 0.2) is 0 Å². The minimum atomic E-state index is -0.0430. The Balaban J connectivity index is 1.75. The number of nitrogens with one attached hydrogen (secondary N) is 1. The highest BCUT2D eigenvalue weighted by atomic mass is 16.1. The van der Waals surface area contributed by atoms with Crippen LogP contribution in [0.5, 0.6) is 0 Å². The van der Waals surface area contributed by atoms with Crippen molar-refractivity contribution in [3.63, 3.8) is 0 Å². The molecule has 1 aromatic carbocycles. The third kappa shape index (κ3) is 3.92. The van der Waals surface area contributed by atoms with Gasteiger partial charge in [-0.2, -0.15) is 0 Å². The van der Waals surface area contributed by atoms with Crippen molar-refractivity contribution in [1.29, 1.82) is 0 Å². The number of fused-ring (bicyclic) bond motifs is 1. The first-order chi connectivity index (χ1) is 11.8. The van der Waals surface area contributed by atoms with Gasteiger partial charge in [-0.05, 0) is 17.0 Å². The molecule has 2 heterocycles. The van der Waals surface area contributed by atoms with E-state index in [1.54, 1.807) is 12.5 Å². The second kappa shape index (κ2) is 6.75. The summed E-state index contributed by atoms with van der Waals surface area (Å²) < 4.78 is 4.08. The lowest BCUT2D eigenvalue weighted by Gasteiger charge is -2.31. The summed E-state index contributed by atoms with van der Waals surface area (Å²) in [6, 6.07) is 8.22. The molecule has 25 heavy (non-hydrogen) atoms. The van der Waals surface area contributed by atoms with Gasteiger partial charge in [-0.25, -0.2) is 4.98 Å². The molecular weight excluding hydrogens is 312 g/mol. The van der Waals surface area contributed by atoms with E-state index in [0.29, 0.717) is 13.0 Å². The number of nitrogens with zero attached hydrogens (tertiary/aromatic N) is 3. The molecule has 0 spiro atoms. The Labute approximate surface area is 148 Å². The highest BCUT2D eigenvalue weighted by Crippen LogP contribution is 2.23. The van der Waals surface area contributed by atoms with Gasteiger partial charge in [0, 0.05) is 43.1 Å². The van der Waals surface area contributed by atoms with Crippen LogP contribution in [0.15, 0.2) is 49.2 Å². The molecule has 5 nitrogen and oxygen atoms in total. The number of para-hydroxylation sites is 1. The van der Waals surface area contributed by atoms with Crippen LogP contribution < -0.4 is 5.32 Å². The standard InChI is InChI=1S/C20H26N4O/c1-20(2,3)18(13-24-10-9-21-14-24)22-19(25)11-15-12-23(4)17-8-6-5-7-16(15)17/h5-10,12,14,18H,11,13H2,1-4H3,(H,22,25). The van der Waals surface area contributed by atoms with Crippen LogP contribution in [-0.4, -0.2) is 26.1 Å². The molecule has 1 N–H and O–H groups in total. The third-order valence-electron chi connectivity index (χ3n) is 4.66. The van der Waals surface area contributed by atoms with Crippen LogP contribution >= 0.6 is 0 Å². The molecule has 0 saturated heterocycles. The van der Waals surface area contributed by atoms with Crippen molar-refractivity contribution in [1.82, 2.24) is 19.4 Å². The van der Waals surface area contributed by atoms with E-state index >= 15 is 0 Å². The topological polar surface area (TPSA) is 51.9 Å². The fourth-order valence-corrected chi connectivity index (χ4v) is 3.13. The predicted molar refractivity (Wildman–Crippen MR) is 100 cm³/mol. The van der Waals surface area contributed by atoms with Crippen molar-refractivity contribution >= 4 is 16.8 Å². The molecule has 0 aliphatic carbocycles. The summed E-state index contributed by atoms with van der Waals surface area (Å²) in [5.74, 6) is 0.0522. The van der Waals surface area contributed by atoms with Crippen molar-refractivity contribution in [3.8, 4) is 0 Å². The average molecular weight is 338 g/mol. The van der Waals surface area contributed by atoms with E-state index in [-0.39, 0.29) is 17.4 Å². The number of hydrogen-bond acceptors (Lipinski definition) is 2. The molecule has 0 fully saturated rings. The van der Waals surface area contributed by atoms with E-state index in [1.165, 1.54) is 0 Å². The summed E-state index contributed by atoms with van der Waals surface area (Å²) in [5, 5.41) is 4.36. The van der Waals surface area contributed by atoms with Crippen LogP contribution in [0.1, 0.15) is 26.3 Å². The van der Waals surface area contributed by atoms with E-state index in [4.69, 9.17) is 0 Å².